The molecule has 4 rings (SSSR count). The fraction of sp³-hybridized carbons (Fsp3) is 0.273. The summed E-state index contributed by atoms with van der Waals surface area (Å²) in [5.41, 5.74) is 3.58. The van der Waals surface area contributed by atoms with Crippen molar-refractivity contribution in [2.45, 2.75) is 19.9 Å². The highest BCUT2D eigenvalue weighted by Gasteiger charge is 2.35. The summed E-state index contributed by atoms with van der Waals surface area (Å²) in [5, 5.41) is 18.0. The highest BCUT2D eigenvalue weighted by Crippen LogP contribution is 2.43. The van der Waals surface area contributed by atoms with Crippen molar-refractivity contribution in [3.05, 3.63) is 58.8 Å². The minimum atomic E-state index is -0.625. The first-order valence-corrected chi connectivity index (χ1v) is 9.90. The third-order valence-corrected chi connectivity index (χ3v) is 5.27. The lowest BCUT2D eigenvalue weighted by molar-refractivity contribution is -0.113. The summed E-state index contributed by atoms with van der Waals surface area (Å²) < 4.78 is 18.0. The molecule has 1 unspecified atom stereocenters. The number of allylic oxidation sites excluding steroid dienone is 1. The van der Waals surface area contributed by atoms with E-state index >= 15 is 0 Å². The van der Waals surface area contributed by atoms with Gasteiger partial charge in [0, 0.05) is 11.4 Å². The van der Waals surface area contributed by atoms with E-state index in [-0.39, 0.29) is 5.91 Å². The van der Waals surface area contributed by atoms with E-state index in [9.17, 15) is 4.79 Å². The zero-order valence-corrected chi connectivity index (χ0v) is 18.5. The van der Waals surface area contributed by atoms with Crippen molar-refractivity contribution in [2.75, 3.05) is 32.0 Å². The van der Waals surface area contributed by atoms with Crippen LogP contribution < -0.4 is 24.8 Å². The topological polar surface area (TPSA) is 112 Å². The lowest BCUT2D eigenvalue weighted by Gasteiger charge is -2.28. The maximum atomic E-state index is 13.4. The number of rotatable bonds is 6. The molecule has 0 saturated carbocycles. The van der Waals surface area contributed by atoms with Gasteiger partial charge >= 0.3 is 0 Å². The van der Waals surface area contributed by atoms with Crippen LogP contribution in [0, 0.1) is 6.92 Å². The summed E-state index contributed by atoms with van der Waals surface area (Å²) in [4.78, 5) is 13.4. The van der Waals surface area contributed by atoms with Crippen LogP contribution in [0.15, 0.2) is 47.7 Å². The van der Waals surface area contributed by atoms with E-state index in [1.54, 1.807) is 16.8 Å². The summed E-state index contributed by atoms with van der Waals surface area (Å²) in [7, 11) is 4.62. The average Bonchev–Trinajstić information content (AvgIpc) is 3.26. The maximum absolute atomic E-state index is 13.4. The zero-order chi connectivity index (χ0) is 22.8. The van der Waals surface area contributed by atoms with Gasteiger partial charge in [-0.25, -0.2) is 0 Å². The Morgan fingerprint density at radius 2 is 1.69 bits per heavy atom. The maximum Gasteiger partial charge on any atom is 0.255 e. The van der Waals surface area contributed by atoms with Gasteiger partial charge in [0.2, 0.25) is 11.7 Å². The molecule has 0 saturated heterocycles. The molecule has 0 bridgehead atoms. The van der Waals surface area contributed by atoms with Crippen LogP contribution in [-0.4, -0.2) is 47.4 Å². The number of hydrogen-bond acceptors (Lipinski definition) is 8. The molecule has 0 fully saturated rings. The minimum absolute atomic E-state index is 0.279. The summed E-state index contributed by atoms with van der Waals surface area (Å²) in [6.45, 7) is 3.80. The largest absolute Gasteiger partial charge is 0.493 e. The third kappa shape index (κ3) is 3.70. The molecular formula is C22H24N6O4. The van der Waals surface area contributed by atoms with E-state index in [1.165, 1.54) is 21.3 Å². The van der Waals surface area contributed by atoms with Gasteiger partial charge in [0.1, 0.15) is 6.04 Å². The Kier molecular flexibility index (Phi) is 5.67. The number of aryl methyl sites for hydroxylation is 1. The van der Waals surface area contributed by atoms with E-state index in [2.05, 4.69) is 26.2 Å². The number of methoxy groups -OCH3 is 3. The molecule has 1 aliphatic rings. The van der Waals surface area contributed by atoms with Crippen molar-refractivity contribution in [3.63, 3.8) is 0 Å². The molecule has 1 aliphatic heterocycles. The van der Waals surface area contributed by atoms with Crippen molar-refractivity contribution in [1.29, 1.82) is 0 Å². The molecule has 10 heteroatoms. The van der Waals surface area contributed by atoms with E-state index in [4.69, 9.17) is 14.2 Å². The van der Waals surface area contributed by atoms with Gasteiger partial charge in [-0.1, -0.05) is 22.8 Å². The van der Waals surface area contributed by atoms with Gasteiger partial charge < -0.3 is 24.8 Å². The van der Waals surface area contributed by atoms with E-state index in [0.717, 1.165) is 5.56 Å². The highest BCUT2D eigenvalue weighted by atomic mass is 16.5. The van der Waals surface area contributed by atoms with Gasteiger partial charge in [-0.3, -0.25) is 4.79 Å². The van der Waals surface area contributed by atoms with Crippen molar-refractivity contribution in [3.8, 4) is 17.2 Å². The fourth-order valence-electron chi connectivity index (χ4n) is 3.71. The van der Waals surface area contributed by atoms with E-state index in [1.807, 2.05) is 38.1 Å². The summed E-state index contributed by atoms with van der Waals surface area (Å²) >= 11 is 0. The molecule has 0 aliphatic carbocycles. The number of carbonyl (C=O) groups is 1. The lowest BCUT2D eigenvalue weighted by Crippen LogP contribution is -2.31. The van der Waals surface area contributed by atoms with Crippen molar-refractivity contribution < 1.29 is 19.0 Å². The number of fused-ring (bicyclic) bond motifs is 1. The Balaban J connectivity index is 1.82. The van der Waals surface area contributed by atoms with Crippen LogP contribution in [-0.2, 0) is 4.79 Å². The first kappa shape index (κ1) is 21.2. The van der Waals surface area contributed by atoms with Crippen LogP contribution in [0.25, 0.3) is 0 Å². The Morgan fingerprint density at radius 1 is 1.03 bits per heavy atom. The van der Waals surface area contributed by atoms with Crippen LogP contribution >= 0.6 is 0 Å². The minimum Gasteiger partial charge on any atom is -0.493 e. The Labute approximate surface area is 185 Å². The number of anilines is 2. The average molecular weight is 436 g/mol. The quantitative estimate of drug-likeness (QED) is 0.607. The zero-order valence-electron chi connectivity index (χ0n) is 18.5. The van der Waals surface area contributed by atoms with Crippen LogP contribution in [0.5, 0.6) is 17.2 Å². The van der Waals surface area contributed by atoms with E-state index in [0.29, 0.717) is 45.7 Å². The number of carbonyl (C=O) groups excluding carboxylic acids is 1. The SMILES string of the molecule is COc1cc(C2C(C(=O)Nc3ccc(C)cc3)=C(C)Nc3nnnn32)cc(OC)c1OC. The number of benzene rings is 2. The number of aromatic nitrogens is 4. The van der Waals surface area contributed by atoms with Gasteiger partial charge in [0.25, 0.3) is 5.91 Å². The molecule has 3 aromatic rings. The molecule has 166 valence electrons. The van der Waals surface area contributed by atoms with Crippen LogP contribution in [0.2, 0.25) is 0 Å². The fourth-order valence-corrected chi connectivity index (χ4v) is 3.71. The molecule has 32 heavy (non-hydrogen) atoms. The summed E-state index contributed by atoms with van der Waals surface area (Å²) in [6.07, 6.45) is 0. The number of ether oxygens (including phenoxy) is 3. The van der Waals surface area contributed by atoms with Gasteiger partial charge in [-0.15, -0.1) is 0 Å². The number of hydrogen-bond donors (Lipinski definition) is 2. The second-order valence-corrected chi connectivity index (χ2v) is 7.29. The van der Waals surface area contributed by atoms with Crippen LogP contribution in [0.1, 0.15) is 24.1 Å². The van der Waals surface area contributed by atoms with E-state index < -0.39 is 6.04 Å². The highest BCUT2D eigenvalue weighted by molar-refractivity contribution is 6.06. The second kappa shape index (κ2) is 8.58. The third-order valence-electron chi connectivity index (χ3n) is 5.27. The monoisotopic (exact) mass is 436 g/mol. The van der Waals surface area contributed by atoms with Gasteiger partial charge in [-0.2, -0.15) is 4.68 Å². The van der Waals surface area contributed by atoms with Crippen LogP contribution in [0.3, 0.4) is 0 Å². The summed E-state index contributed by atoms with van der Waals surface area (Å²) in [6, 6.07) is 10.5. The predicted molar refractivity (Wildman–Crippen MR) is 118 cm³/mol. The Morgan fingerprint density at radius 3 is 2.28 bits per heavy atom. The predicted octanol–water partition coefficient (Wildman–Crippen LogP) is 2.93. The van der Waals surface area contributed by atoms with Crippen molar-refractivity contribution in [2.24, 2.45) is 0 Å². The Hall–Kier alpha value is -4.08. The van der Waals surface area contributed by atoms with Crippen molar-refractivity contribution in [1.82, 2.24) is 20.2 Å². The molecule has 2 N–H and O–H groups in total. The molecule has 0 radical (unpaired) electrons. The second-order valence-electron chi connectivity index (χ2n) is 7.29. The molecule has 1 amide bonds. The molecule has 1 aromatic heterocycles. The van der Waals surface area contributed by atoms with Gasteiger partial charge in [-0.05, 0) is 54.1 Å². The first-order chi connectivity index (χ1) is 15.5. The Bertz CT molecular complexity index is 1160. The number of nitrogens with one attached hydrogen (secondary N) is 2. The van der Waals surface area contributed by atoms with Crippen LogP contribution in [0.4, 0.5) is 11.6 Å². The number of nitrogens with zero attached hydrogens (tertiary/aromatic N) is 4. The number of tetrazole rings is 1. The molecule has 10 nitrogen and oxygen atoms in total. The number of amides is 1. The summed E-state index contributed by atoms with van der Waals surface area (Å²) in [5.74, 6) is 1.53. The molecule has 2 aromatic carbocycles. The molecular weight excluding hydrogens is 412 g/mol. The van der Waals surface area contributed by atoms with Gasteiger partial charge in [0.15, 0.2) is 11.5 Å². The lowest BCUT2D eigenvalue weighted by atomic mass is 9.94. The molecule has 2 heterocycles. The molecule has 1 atom stereocenters. The normalized spacial score (nSPS) is 15.0. The molecule has 0 spiro atoms. The first-order valence-electron chi connectivity index (χ1n) is 9.90. The van der Waals surface area contributed by atoms with Crippen molar-refractivity contribution >= 4 is 17.5 Å². The van der Waals surface area contributed by atoms with Gasteiger partial charge in [0.05, 0.1) is 26.9 Å². The smallest absolute Gasteiger partial charge is 0.255 e. The standard InChI is InChI=1S/C22H24N6O4/c1-12-6-8-15(9-7-12)24-21(29)18-13(2)23-22-25-26-27-28(22)19(18)14-10-16(30-3)20(32-5)17(11-14)31-4/h6-11,19H,1-5H3,(H,24,29)(H,23,25,27).